The Hall–Kier alpha value is -2.14. The van der Waals surface area contributed by atoms with Crippen LogP contribution in [0.4, 0.5) is 5.69 Å². The molecule has 0 fully saturated rings. The van der Waals surface area contributed by atoms with E-state index in [0.29, 0.717) is 15.7 Å². The fourth-order valence-electron chi connectivity index (χ4n) is 2.09. The molecule has 0 saturated carbocycles. The predicted octanol–water partition coefficient (Wildman–Crippen LogP) is 4.02. The lowest BCUT2D eigenvalue weighted by Gasteiger charge is -2.08. The molecule has 0 atom stereocenters. The third-order valence-electron chi connectivity index (χ3n) is 2.89. The summed E-state index contributed by atoms with van der Waals surface area (Å²) in [5, 5.41) is 11.7. The summed E-state index contributed by atoms with van der Waals surface area (Å²) in [5.74, 6) is -1.31. The van der Waals surface area contributed by atoms with Gasteiger partial charge in [0, 0.05) is 15.7 Å². The maximum atomic E-state index is 12.2. The Morgan fingerprint density at radius 3 is 2.14 bits per heavy atom. The number of carbonyl (C=O) groups is 2. The lowest BCUT2D eigenvalue weighted by Crippen LogP contribution is -2.13. The highest BCUT2D eigenvalue weighted by Gasteiger charge is 2.10. The zero-order valence-corrected chi connectivity index (χ0v) is 13.2. The van der Waals surface area contributed by atoms with Gasteiger partial charge in [0.25, 0.3) is 5.91 Å². The van der Waals surface area contributed by atoms with Gasteiger partial charge in [-0.1, -0.05) is 33.1 Å². The Labute approximate surface area is 130 Å². The lowest BCUT2D eigenvalue weighted by molar-refractivity contribution is 0.0696. The van der Waals surface area contributed by atoms with Gasteiger partial charge in [0.2, 0.25) is 0 Å². The Kier molecular flexibility index (Phi) is 4.43. The van der Waals surface area contributed by atoms with Crippen LogP contribution in [-0.2, 0) is 0 Å². The number of carboxylic acids is 1. The third kappa shape index (κ3) is 3.92. The van der Waals surface area contributed by atoms with E-state index < -0.39 is 5.97 Å². The number of hydrogen-bond acceptors (Lipinski definition) is 2. The molecule has 0 unspecified atom stereocenters. The largest absolute Gasteiger partial charge is 0.478 e. The first kappa shape index (κ1) is 15.3. The fourth-order valence-corrected chi connectivity index (χ4v) is 2.59. The van der Waals surface area contributed by atoms with E-state index in [-0.39, 0.29) is 11.5 Å². The number of nitrogens with one attached hydrogen (secondary N) is 1. The molecule has 21 heavy (non-hydrogen) atoms. The number of benzene rings is 2. The van der Waals surface area contributed by atoms with Gasteiger partial charge in [-0.2, -0.15) is 0 Å². The van der Waals surface area contributed by atoms with Crippen LogP contribution in [0.1, 0.15) is 31.8 Å². The molecule has 0 saturated heterocycles. The van der Waals surface area contributed by atoms with Crippen molar-refractivity contribution < 1.29 is 14.7 Å². The summed E-state index contributed by atoms with van der Waals surface area (Å²) >= 11 is 3.24. The van der Waals surface area contributed by atoms with Crippen LogP contribution in [0.15, 0.2) is 40.9 Å². The average molecular weight is 348 g/mol. The molecule has 1 amide bonds. The average Bonchev–Trinajstić information content (AvgIpc) is 2.36. The molecule has 0 spiro atoms. The summed E-state index contributed by atoms with van der Waals surface area (Å²) in [5.41, 5.74) is 3.09. The number of anilines is 1. The van der Waals surface area contributed by atoms with Crippen molar-refractivity contribution in [2.45, 2.75) is 13.8 Å². The molecular formula is C16H14BrNO3. The number of aromatic carboxylic acids is 1. The summed E-state index contributed by atoms with van der Waals surface area (Å²) < 4.78 is 0.595. The highest BCUT2D eigenvalue weighted by atomic mass is 79.9. The molecule has 0 aromatic heterocycles. The Morgan fingerprint density at radius 1 is 0.952 bits per heavy atom. The van der Waals surface area contributed by atoms with Crippen LogP contribution >= 0.6 is 15.9 Å². The minimum absolute atomic E-state index is 0.111. The Bertz CT molecular complexity index is 705. The number of aryl methyl sites for hydroxylation is 2. The van der Waals surface area contributed by atoms with E-state index in [4.69, 9.17) is 5.11 Å². The number of carboxylic acid groups (broad SMARTS) is 1. The van der Waals surface area contributed by atoms with Crippen molar-refractivity contribution >= 4 is 33.5 Å². The van der Waals surface area contributed by atoms with Crippen molar-refractivity contribution in [3.05, 3.63) is 63.1 Å². The van der Waals surface area contributed by atoms with E-state index in [1.165, 1.54) is 12.1 Å². The van der Waals surface area contributed by atoms with Crippen LogP contribution < -0.4 is 5.32 Å². The first-order valence-electron chi connectivity index (χ1n) is 6.28. The van der Waals surface area contributed by atoms with Crippen LogP contribution in [0.2, 0.25) is 0 Å². The fraction of sp³-hybridized carbons (Fsp3) is 0.125. The molecule has 2 rings (SSSR count). The van der Waals surface area contributed by atoms with Gasteiger partial charge in [-0.15, -0.1) is 0 Å². The molecule has 2 aromatic carbocycles. The van der Waals surface area contributed by atoms with E-state index >= 15 is 0 Å². The van der Waals surface area contributed by atoms with E-state index in [9.17, 15) is 9.59 Å². The molecule has 0 aliphatic rings. The van der Waals surface area contributed by atoms with E-state index in [2.05, 4.69) is 21.2 Å². The number of hydrogen-bond donors (Lipinski definition) is 2. The second-order valence-electron chi connectivity index (χ2n) is 4.86. The van der Waals surface area contributed by atoms with Gasteiger partial charge >= 0.3 is 5.97 Å². The topological polar surface area (TPSA) is 66.4 Å². The SMILES string of the molecule is Cc1cc(C)cc(C(=O)Nc2cc(Br)cc(C(=O)O)c2)c1. The van der Waals surface area contributed by atoms with Gasteiger partial charge < -0.3 is 10.4 Å². The van der Waals surface area contributed by atoms with Gasteiger partial charge in [-0.3, -0.25) is 4.79 Å². The third-order valence-corrected chi connectivity index (χ3v) is 3.34. The van der Waals surface area contributed by atoms with E-state index in [1.807, 2.05) is 19.9 Å². The van der Waals surface area contributed by atoms with Gasteiger partial charge in [-0.05, 0) is 44.2 Å². The number of rotatable bonds is 3. The molecular weight excluding hydrogens is 334 g/mol. The molecule has 2 N–H and O–H groups in total. The summed E-state index contributed by atoms with van der Waals surface area (Å²) in [6.07, 6.45) is 0. The van der Waals surface area contributed by atoms with Gasteiger partial charge in [0.1, 0.15) is 0 Å². The smallest absolute Gasteiger partial charge is 0.335 e. The molecule has 0 aliphatic heterocycles. The zero-order chi connectivity index (χ0) is 15.6. The molecule has 0 radical (unpaired) electrons. The molecule has 5 heteroatoms. The van der Waals surface area contributed by atoms with Crippen LogP contribution in [0.25, 0.3) is 0 Å². The van der Waals surface area contributed by atoms with Crippen molar-refractivity contribution in [1.29, 1.82) is 0 Å². The van der Waals surface area contributed by atoms with Crippen LogP contribution in [0, 0.1) is 13.8 Å². The molecule has 0 aliphatic carbocycles. The van der Waals surface area contributed by atoms with Crippen molar-refractivity contribution in [1.82, 2.24) is 0 Å². The second-order valence-corrected chi connectivity index (χ2v) is 5.78. The number of carbonyl (C=O) groups excluding carboxylic acids is 1. The Balaban J connectivity index is 2.29. The summed E-state index contributed by atoms with van der Waals surface area (Å²) in [7, 11) is 0. The first-order chi connectivity index (χ1) is 9.85. The molecule has 4 nitrogen and oxygen atoms in total. The Morgan fingerprint density at radius 2 is 1.57 bits per heavy atom. The molecule has 0 heterocycles. The summed E-state index contributed by atoms with van der Waals surface area (Å²) in [6.45, 7) is 3.84. The van der Waals surface area contributed by atoms with Crippen molar-refractivity contribution in [2.24, 2.45) is 0 Å². The van der Waals surface area contributed by atoms with Crippen molar-refractivity contribution in [3.8, 4) is 0 Å². The standard InChI is InChI=1S/C16H14BrNO3/c1-9-3-10(2)5-11(4-9)15(19)18-14-7-12(16(20)21)6-13(17)8-14/h3-8H,1-2H3,(H,18,19)(H,20,21). The minimum atomic E-state index is -1.04. The predicted molar refractivity (Wildman–Crippen MR) is 85.0 cm³/mol. The van der Waals surface area contributed by atoms with Crippen LogP contribution in [0.3, 0.4) is 0 Å². The quantitative estimate of drug-likeness (QED) is 0.881. The van der Waals surface area contributed by atoms with E-state index in [0.717, 1.165) is 11.1 Å². The maximum Gasteiger partial charge on any atom is 0.335 e. The molecule has 0 bridgehead atoms. The first-order valence-corrected chi connectivity index (χ1v) is 7.08. The normalized spacial score (nSPS) is 10.2. The zero-order valence-electron chi connectivity index (χ0n) is 11.6. The van der Waals surface area contributed by atoms with Crippen molar-refractivity contribution in [2.75, 3.05) is 5.32 Å². The second kappa shape index (κ2) is 6.10. The molecule has 108 valence electrons. The highest BCUT2D eigenvalue weighted by Crippen LogP contribution is 2.21. The van der Waals surface area contributed by atoms with E-state index in [1.54, 1.807) is 18.2 Å². The van der Waals surface area contributed by atoms with Crippen molar-refractivity contribution in [3.63, 3.8) is 0 Å². The minimum Gasteiger partial charge on any atom is -0.478 e. The monoisotopic (exact) mass is 347 g/mol. The maximum absolute atomic E-state index is 12.2. The number of amides is 1. The van der Waals surface area contributed by atoms with Gasteiger partial charge in [-0.25, -0.2) is 4.79 Å². The van der Waals surface area contributed by atoms with Crippen LogP contribution in [0.5, 0.6) is 0 Å². The summed E-state index contributed by atoms with van der Waals surface area (Å²) in [4.78, 5) is 23.3. The van der Waals surface area contributed by atoms with Crippen LogP contribution in [-0.4, -0.2) is 17.0 Å². The highest BCUT2D eigenvalue weighted by molar-refractivity contribution is 9.10. The number of halogens is 1. The lowest BCUT2D eigenvalue weighted by atomic mass is 10.1. The molecule has 2 aromatic rings. The summed E-state index contributed by atoms with van der Waals surface area (Å²) in [6, 6.07) is 10.1. The van der Waals surface area contributed by atoms with Gasteiger partial charge in [0.15, 0.2) is 0 Å². The van der Waals surface area contributed by atoms with Gasteiger partial charge in [0.05, 0.1) is 5.56 Å².